The van der Waals surface area contributed by atoms with Crippen molar-refractivity contribution in [3.8, 4) is 5.75 Å². The fourth-order valence-electron chi connectivity index (χ4n) is 2.00. The Hall–Kier alpha value is -1.94. The molecule has 0 bridgehead atoms. The minimum Gasteiger partial charge on any atom is -0.496 e. The van der Waals surface area contributed by atoms with Gasteiger partial charge in [0.25, 0.3) is 5.69 Å². The number of hydrogen-bond acceptors (Lipinski definition) is 8. The molecule has 2 rings (SSSR count). The van der Waals surface area contributed by atoms with Crippen molar-refractivity contribution in [3.63, 3.8) is 0 Å². The van der Waals surface area contributed by atoms with E-state index in [1.165, 1.54) is 25.3 Å². The third-order valence-corrected chi connectivity index (χ3v) is 3.20. The number of nitro benzene ring substituents is 1. The van der Waals surface area contributed by atoms with E-state index in [9.17, 15) is 25.4 Å². The summed E-state index contributed by atoms with van der Waals surface area (Å²) in [5.74, 6) is 0.313. The van der Waals surface area contributed by atoms with E-state index in [1.807, 2.05) is 0 Å². The second-order valence-electron chi connectivity index (χ2n) is 4.59. The topological polar surface area (TPSA) is 134 Å². The minimum atomic E-state index is -1.42. The third-order valence-electron chi connectivity index (χ3n) is 3.20. The number of aliphatic hydroxyl groups excluding tert-OH is 3. The van der Waals surface area contributed by atoms with Crippen molar-refractivity contribution in [2.75, 3.05) is 19.0 Å². The molecule has 0 unspecified atom stereocenters. The molecule has 4 atom stereocenters. The van der Waals surface area contributed by atoms with Crippen molar-refractivity contribution < 1.29 is 29.7 Å². The lowest BCUT2D eigenvalue weighted by molar-refractivity contribution is -0.384. The predicted molar refractivity (Wildman–Crippen MR) is 71.0 cm³/mol. The highest BCUT2D eigenvalue weighted by atomic mass is 16.6. The van der Waals surface area contributed by atoms with Gasteiger partial charge < -0.3 is 30.1 Å². The first-order valence-corrected chi connectivity index (χ1v) is 6.19. The molecule has 1 aromatic carbocycles. The largest absolute Gasteiger partial charge is 0.496 e. The molecule has 1 fully saturated rings. The van der Waals surface area contributed by atoms with Gasteiger partial charge in [-0.15, -0.1) is 0 Å². The average Bonchev–Trinajstić information content (AvgIpc) is 2.48. The van der Waals surface area contributed by atoms with Gasteiger partial charge in [-0.3, -0.25) is 10.1 Å². The summed E-state index contributed by atoms with van der Waals surface area (Å²) in [5, 5.41) is 42.4. The maximum Gasteiger partial charge on any atom is 0.296 e. The normalized spacial score (nSPS) is 29.0. The maximum absolute atomic E-state index is 11.0. The highest BCUT2D eigenvalue weighted by molar-refractivity contribution is 5.64. The number of aliphatic hydroxyl groups is 3. The summed E-state index contributed by atoms with van der Waals surface area (Å²) in [4.78, 5) is 10.4. The van der Waals surface area contributed by atoms with Crippen LogP contribution in [0.25, 0.3) is 0 Å². The molecule has 1 aliphatic heterocycles. The predicted octanol–water partition coefficient (Wildman–Crippen LogP) is -0.546. The van der Waals surface area contributed by atoms with Gasteiger partial charge in [0.15, 0.2) is 6.23 Å². The first-order chi connectivity index (χ1) is 9.93. The molecule has 9 nitrogen and oxygen atoms in total. The van der Waals surface area contributed by atoms with E-state index in [4.69, 9.17) is 9.47 Å². The van der Waals surface area contributed by atoms with Crippen molar-refractivity contribution in [3.05, 3.63) is 28.3 Å². The molecule has 9 heteroatoms. The summed E-state index contributed by atoms with van der Waals surface area (Å²) in [5.41, 5.74) is -0.154. The fourth-order valence-corrected chi connectivity index (χ4v) is 2.00. The summed E-state index contributed by atoms with van der Waals surface area (Å²) in [6, 6.07) is 4.14. The van der Waals surface area contributed by atoms with Crippen LogP contribution in [0.1, 0.15) is 0 Å². The average molecular weight is 300 g/mol. The molecule has 116 valence electrons. The lowest BCUT2D eigenvalue weighted by Gasteiger charge is -2.35. The van der Waals surface area contributed by atoms with Crippen LogP contribution in [0.15, 0.2) is 18.2 Å². The monoisotopic (exact) mass is 300 g/mol. The van der Waals surface area contributed by atoms with Crippen molar-refractivity contribution >= 4 is 11.4 Å². The summed E-state index contributed by atoms with van der Waals surface area (Å²) in [6.45, 7) is -0.195. The molecule has 0 spiro atoms. The van der Waals surface area contributed by atoms with Crippen molar-refractivity contribution in [1.29, 1.82) is 0 Å². The fraction of sp³-hybridized carbons (Fsp3) is 0.500. The van der Waals surface area contributed by atoms with Gasteiger partial charge in [0, 0.05) is 0 Å². The smallest absolute Gasteiger partial charge is 0.296 e. The molecule has 1 aliphatic rings. The Morgan fingerprint density at radius 3 is 2.71 bits per heavy atom. The Morgan fingerprint density at radius 1 is 1.38 bits per heavy atom. The van der Waals surface area contributed by atoms with Gasteiger partial charge in [0.2, 0.25) is 0 Å². The molecular formula is C12H16N2O7. The van der Waals surface area contributed by atoms with Crippen molar-refractivity contribution in [2.24, 2.45) is 0 Å². The van der Waals surface area contributed by atoms with E-state index < -0.39 is 29.5 Å². The molecule has 0 saturated carbocycles. The second kappa shape index (κ2) is 6.22. The van der Waals surface area contributed by atoms with Gasteiger partial charge >= 0.3 is 0 Å². The van der Waals surface area contributed by atoms with Crippen LogP contribution in [0.2, 0.25) is 0 Å². The van der Waals surface area contributed by atoms with Gasteiger partial charge in [0.1, 0.15) is 29.7 Å². The SMILES string of the molecule is COc1ccc(N[C@@H]2OC[C@H](O)[C@@H](O)[C@@H]2O)c([N+](=O)[O-])c1. The van der Waals surface area contributed by atoms with Crippen molar-refractivity contribution in [1.82, 2.24) is 0 Å². The first kappa shape index (κ1) is 15.4. The van der Waals surface area contributed by atoms with E-state index in [2.05, 4.69) is 5.32 Å². The number of hydrogen-bond donors (Lipinski definition) is 4. The van der Waals surface area contributed by atoms with Crippen LogP contribution in [0.5, 0.6) is 5.75 Å². The quantitative estimate of drug-likeness (QED) is 0.430. The third kappa shape index (κ3) is 3.22. The Labute approximate surface area is 119 Å². The van der Waals surface area contributed by atoms with E-state index >= 15 is 0 Å². The molecule has 1 saturated heterocycles. The van der Waals surface area contributed by atoms with E-state index in [1.54, 1.807) is 0 Å². The molecule has 1 aromatic rings. The lowest BCUT2D eigenvalue weighted by atomic mass is 10.0. The van der Waals surface area contributed by atoms with Crippen LogP contribution < -0.4 is 10.1 Å². The molecule has 1 heterocycles. The van der Waals surface area contributed by atoms with Gasteiger partial charge in [-0.2, -0.15) is 0 Å². The van der Waals surface area contributed by atoms with Gasteiger partial charge in [0.05, 0.1) is 24.7 Å². The number of nitro groups is 1. The number of nitrogens with zero attached hydrogens (tertiary/aromatic N) is 1. The number of rotatable bonds is 4. The van der Waals surface area contributed by atoms with Crippen LogP contribution in [-0.4, -0.2) is 58.5 Å². The van der Waals surface area contributed by atoms with Crippen LogP contribution >= 0.6 is 0 Å². The summed E-state index contributed by atoms with van der Waals surface area (Å²) in [7, 11) is 1.39. The number of nitrogens with one attached hydrogen (secondary N) is 1. The zero-order valence-electron chi connectivity index (χ0n) is 11.2. The molecule has 0 radical (unpaired) electrons. The molecule has 0 amide bonds. The van der Waals surface area contributed by atoms with Gasteiger partial charge in [-0.1, -0.05) is 0 Å². The zero-order valence-corrected chi connectivity index (χ0v) is 11.2. The molecular weight excluding hydrogens is 284 g/mol. The van der Waals surface area contributed by atoms with Crippen LogP contribution in [-0.2, 0) is 4.74 Å². The zero-order chi connectivity index (χ0) is 15.6. The summed E-state index contributed by atoms with van der Waals surface area (Å²) >= 11 is 0. The van der Waals surface area contributed by atoms with E-state index in [-0.39, 0.29) is 18.0 Å². The number of benzene rings is 1. The van der Waals surface area contributed by atoms with Crippen LogP contribution in [0, 0.1) is 10.1 Å². The van der Waals surface area contributed by atoms with E-state index in [0.717, 1.165) is 0 Å². The molecule has 4 N–H and O–H groups in total. The van der Waals surface area contributed by atoms with Crippen molar-refractivity contribution in [2.45, 2.75) is 24.5 Å². The van der Waals surface area contributed by atoms with Crippen LogP contribution in [0.3, 0.4) is 0 Å². The second-order valence-corrected chi connectivity index (χ2v) is 4.59. The molecule has 0 aliphatic carbocycles. The summed E-state index contributed by atoms with van der Waals surface area (Å²) < 4.78 is 10.1. The Balaban J connectivity index is 2.21. The number of ether oxygens (including phenoxy) is 2. The van der Waals surface area contributed by atoms with Crippen LogP contribution in [0.4, 0.5) is 11.4 Å². The standard InChI is InChI=1S/C12H16N2O7/c1-20-6-2-3-7(8(4-6)14(18)19)13-12-11(17)10(16)9(15)5-21-12/h2-4,9-13,15-17H,5H2,1H3/t9-,10+,11-,12+/m0/s1. The Kier molecular flexibility index (Phi) is 4.58. The highest BCUT2D eigenvalue weighted by Crippen LogP contribution is 2.30. The first-order valence-electron chi connectivity index (χ1n) is 6.19. The summed E-state index contributed by atoms with van der Waals surface area (Å²) in [6.07, 6.45) is -5.09. The lowest BCUT2D eigenvalue weighted by Crippen LogP contribution is -2.55. The number of methoxy groups -OCH3 is 1. The number of anilines is 1. The van der Waals surface area contributed by atoms with Gasteiger partial charge in [-0.05, 0) is 12.1 Å². The Bertz CT molecular complexity index is 524. The highest BCUT2D eigenvalue weighted by Gasteiger charge is 2.38. The van der Waals surface area contributed by atoms with E-state index in [0.29, 0.717) is 5.75 Å². The maximum atomic E-state index is 11.0. The minimum absolute atomic E-state index is 0.105. The Morgan fingerprint density at radius 2 is 2.10 bits per heavy atom. The molecule has 0 aromatic heterocycles. The molecule has 21 heavy (non-hydrogen) atoms. The van der Waals surface area contributed by atoms with Gasteiger partial charge in [-0.25, -0.2) is 0 Å².